The van der Waals surface area contributed by atoms with Gasteiger partial charge in [0.2, 0.25) is 0 Å². The quantitative estimate of drug-likeness (QED) is 0.695. The van der Waals surface area contributed by atoms with Gasteiger partial charge in [0, 0.05) is 31.7 Å². The second-order valence-electron chi connectivity index (χ2n) is 7.38. The van der Waals surface area contributed by atoms with Crippen molar-refractivity contribution in [1.29, 1.82) is 0 Å². The second kappa shape index (κ2) is 10.2. The lowest BCUT2D eigenvalue weighted by molar-refractivity contribution is -0.123. The van der Waals surface area contributed by atoms with E-state index in [0.717, 1.165) is 31.8 Å². The molecular weight excluding hydrogens is 368 g/mol. The van der Waals surface area contributed by atoms with E-state index in [-0.39, 0.29) is 24.4 Å². The highest BCUT2D eigenvalue weighted by Gasteiger charge is 2.16. The van der Waals surface area contributed by atoms with Crippen LogP contribution in [0, 0.1) is 0 Å². The number of carbonyl (C=O) groups excluding carboxylic acids is 2. The highest BCUT2D eigenvalue weighted by molar-refractivity contribution is 5.94. The van der Waals surface area contributed by atoms with Crippen LogP contribution in [0.1, 0.15) is 35.3 Å². The van der Waals surface area contributed by atoms with E-state index >= 15 is 0 Å². The lowest BCUT2D eigenvalue weighted by atomic mass is 10.1. The molecule has 1 fully saturated rings. The predicted octanol–water partition coefficient (Wildman–Crippen LogP) is 2.81. The molecule has 1 amide bonds. The Kier molecular flexibility index (Phi) is 7.38. The zero-order chi connectivity index (χ0) is 20.6. The molecule has 3 rings (SSSR count). The molecule has 0 saturated carbocycles. The van der Waals surface area contributed by atoms with Crippen molar-refractivity contribution in [2.24, 2.45) is 0 Å². The van der Waals surface area contributed by atoms with Crippen LogP contribution in [0.4, 0.5) is 0 Å². The third-order valence-corrected chi connectivity index (χ3v) is 4.84. The number of hydrogen-bond donors (Lipinski definition) is 1. The molecule has 0 bridgehead atoms. The van der Waals surface area contributed by atoms with Crippen LogP contribution in [0.15, 0.2) is 48.5 Å². The van der Waals surface area contributed by atoms with Crippen molar-refractivity contribution in [3.05, 3.63) is 65.2 Å². The van der Waals surface area contributed by atoms with Gasteiger partial charge in [0.05, 0.1) is 12.7 Å². The summed E-state index contributed by atoms with van der Waals surface area (Å²) in [6.45, 7) is 7.53. The van der Waals surface area contributed by atoms with Crippen molar-refractivity contribution in [3.8, 4) is 5.75 Å². The Morgan fingerprint density at radius 2 is 1.93 bits per heavy atom. The van der Waals surface area contributed by atoms with E-state index in [2.05, 4.69) is 29.3 Å². The van der Waals surface area contributed by atoms with Crippen molar-refractivity contribution in [2.45, 2.75) is 33.0 Å². The molecule has 29 heavy (non-hydrogen) atoms. The van der Waals surface area contributed by atoms with Gasteiger partial charge in [0.1, 0.15) is 5.75 Å². The van der Waals surface area contributed by atoms with Gasteiger partial charge in [0.15, 0.2) is 12.4 Å². The molecule has 1 unspecified atom stereocenters. The summed E-state index contributed by atoms with van der Waals surface area (Å²) in [6.07, 6.45) is 0.268. The maximum absolute atomic E-state index is 12.1. The van der Waals surface area contributed by atoms with Crippen LogP contribution in [0.3, 0.4) is 0 Å². The minimum atomic E-state index is -0.187. The number of nitrogens with zero attached hydrogens (tertiary/aromatic N) is 1. The molecule has 2 aromatic carbocycles. The molecule has 1 heterocycles. The van der Waals surface area contributed by atoms with E-state index in [1.807, 2.05) is 12.1 Å². The molecule has 6 heteroatoms. The largest absolute Gasteiger partial charge is 0.484 e. The van der Waals surface area contributed by atoms with Gasteiger partial charge in [-0.3, -0.25) is 14.5 Å². The molecule has 0 radical (unpaired) electrons. The van der Waals surface area contributed by atoms with Crippen LogP contribution in [-0.4, -0.2) is 49.0 Å². The number of rotatable bonds is 8. The fourth-order valence-corrected chi connectivity index (χ4v) is 3.32. The van der Waals surface area contributed by atoms with E-state index in [1.165, 1.54) is 12.5 Å². The smallest absolute Gasteiger partial charge is 0.258 e. The Hall–Kier alpha value is -2.70. The number of ether oxygens (including phenoxy) is 2. The zero-order valence-corrected chi connectivity index (χ0v) is 17.0. The number of nitrogens with one attached hydrogen (secondary N) is 1. The average Bonchev–Trinajstić information content (AvgIpc) is 2.71. The molecule has 0 aromatic heterocycles. The Morgan fingerprint density at radius 3 is 2.66 bits per heavy atom. The van der Waals surface area contributed by atoms with Gasteiger partial charge >= 0.3 is 0 Å². The molecule has 0 aliphatic carbocycles. The van der Waals surface area contributed by atoms with Crippen LogP contribution < -0.4 is 10.1 Å². The Morgan fingerprint density at radius 1 is 1.17 bits per heavy atom. The first-order chi connectivity index (χ1) is 14.0. The summed E-state index contributed by atoms with van der Waals surface area (Å²) in [7, 11) is 0. The van der Waals surface area contributed by atoms with Gasteiger partial charge in [-0.05, 0) is 49.2 Å². The summed E-state index contributed by atoms with van der Waals surface area (Å²) >= 11 is 0. The number of morpholine rings is 1. The van der Waals surface area contributed by atoms with Crippen molar-refractivity contribution in [2.75, 3.05) is 26.3 Å². The van der Waals surface area contributed by atoms with E-state index in [4.69, 9.17) is 9.47 Å². The highest BCUT2D eigenvalue weighted by Crippen LogP contribution is 2.13. The van der Waals surface area contributed by atoms with Crippen LogP contribution in [-0.2, 0) is 22.6 Å². The van der Waals surface area contributed by atoms with Crippen molar-refractivity contribution in [3.63, 3.8) is 0 Å². The van der Waals surface area contributed by atoms with Gasteiger partial charge in [-0.1, -0.05) is 24.3 Å². The van der Waals surface area contributed by atoms with Gasteiger partial charge in [0.25, 0.3) is 5.91 Å². The third-order valence-electron chi connectivity index (χ3n) is 4.84. The van der Waals surface area contributed by atoms with E-state index in [1.54, 1.807) is 24.3 Å². The number of amides is 1. The monoisotopic (exact) mass is 396 g/mol. The van der Waals surface area contributed by atoms with Gasteiger partial charge in [-0.2, -0.15) is 0 Å². The number of Topliss-reactive ketones (excluding diaryl/α,β-unsaturated/α-hetero) is 1. The van der Waals surface area contributed by atoms with Crippen LogP contribution in [0.2, 0.25) is 0 Å². The summed E-state index contributed by atoms with van der Waals surface area (Å²) in [5, 5.41) is 2.89. The first-order valence-electron chi connectivity index (χ1n) is 9.92. The lowest BCUT2D eigenvalue weighted by Crippen LogP contribution is -2.40. The number of carbonyl (C=O) groups is 2. The van der Waals surface area contributed by atoms with Crippen LogP contribution >= 0.6 is 0 Å². The first-order valence-corrected chi connectivity index (χ1v) is 9.92. The molecule has 6 nitrogen and oxygen atoms in total. The van der Waals surface area contributed by atoms with Crippen LogP contribution in [0.25, 0.3) is 0 Å². The van der Waals surface area contributed by atoms with Gasteiger partial charge in [-0.15, -0.1) is 0 Å². The summed E-state index contributed by atoms with van der Waals surface area (Å²) in [6, 6.07) is 15.0. The molecular formula is C23H28N2O4. The third kappa shape index (κ3) is 6.69. The number of hydrogen-bond acceptors (Lipinski definition) is 5. The molecule has 154 valence electrons. The molecule has 1 aliphatic heterocycles. The SMILES string of the molecule is CC(=O)c1ccc(OCC(=O)NCc2cccc(CN3CCOC(C)C3)c2)cc1. The average molecular weight is 396 g/mol. The molecule has 0 spiro atoms. The maximum atomic E-state index is 12.1. The minimum absolute atomic E-state index is 0.000319. The van der Waals surface area contributed by atoms with Crippen molar-refractivity contribution >= 4 is 11.7 Å². The Bertz CT molecular complexity index is 835. The molecule has 1 saturated heterocycles. The molecule has 1 N–H and O–H groups in total. The normalized spacial score (nSPS) is 17.0. The summed E-state index contributed by atoms with van der Waals surface area (Å²) < 4.78 is 11.1. The summed E-state index contributed by atoms with van der Waals surface area (Å²) in [4.78, 5) is 25.8. The molecule has 2 aromatic rings. The first kappa shape index (κ1) is 21.0. The number of ketones is 1. The number of benzene rings is 2. The van der Waals surface area contributed by atoms with Gasteiger partial charge in [-0.25, -0.2) is 0 Å². The fourth-order valence-electron chi connectivity index (χ4n) is 3.32. The summed E-state index contributed by atoms with van der Waals surface area (Å²) in [5.41, 5.74) is 2.91. The lowest BCUT2D eigenvalue weighted by Gasteiger charge is -2.31. The standard InChI is InChI=1S/C23H28N2O4/c1-17-14-25(10-11-28-17)15-20-5-3-4-19(12-20)13-24-23(27)16-29-22-8-6-21(7-9-22)18(2)26/h3-9,12,17H,10-11,13-16H2,1-2H3,(H,24,27). The topological polar surface area (TPSA) is 67.9 Å². The molecule has 1 atom stereocenters. The molecule has 1 aliphatic rings. The Balaban J connectivity index is 1.44. The van der Waals surface area contributed by atoms with Gasteiger partial charge < -0.3 is 14.8 Å². The van der Waals surface area contributed by atoms with E-state index in [9.17, 15) is 9.59 Å². The fraction of sp³-hybridized carbons (Fsp3) is 0.391. The predicted molar refractivity (Wildman–Crippen MR) is 111 cm³/mol. The highest BCUT2D eigenvalue weighted by atomic mass is 16.5. The van der Waals surface area contributed by atoms with Crippen molar-refractivity contribution in [1.82, 2.24) is 10.2 Å². The maximum Gasteiger partial charge on any atom is 0.258 e. The van der Waals surface area contributed by atoms with Crippen molar-refractivity contribution < 1.29 is 19.1 Å². The second-order valence-corrected chi connectivity index (χ2v) is 7.38. The zero-order valence-electron chi connectivity index (χ0n) is 17.0. The Labute approximate surface area is 171 Å². The minimum Gasteiger partial charge on any atom is -0.484 e. The van der Waals surface area contributed by atoms with E-state index < -0.39 is 0 Å². The van der Waals surface area contributed by atoms with Crippen LogP contribution in [0.5, 0.6) is 5.75 Å². The summed E-state index contributed by atoms with van der Waals surface area (Å²) in [5.74, 6) is 0.375. The van der Waals surface area contributed by atoms with E-state index in [0.29, 0.717) is 17.9 Å².